The fourth-order valence-electron chi connectivity index (χ4n) is 8.22. The summed E-state index contributed by atoms with van der Waals surface area (Å²) in [6.45, 7) is 13.4. The van der Waals surface area contributed by atoms with E-state index in [4.69, 9.17) is 24.5 Å². The molecule has 6 aliphatic heterocycles. The maximum absolute atomic E-state index is 13.1. The predicted octanol–water partition coefficient (Wildman–Crippen LogP) is 4.01. The summed E-state index contributed by atoms with van der Waals surface area (Å²) in [7, 11) is 0. The van der Waals surface area contributed by atoms with E-state index in [2.05, 4.69) is 32.7 Å². The Morgan fingerprint density at radius 2 is 1.71 bits per heavy atom. The Hall–Kier alpha value is -4.46. The van der Waals surface area contributed by atoms with Gasteiger partial charge in [-0.15, -0.1) is 0 Å². The molecule has 0 aromatic heterocycles. The highest BCUT2D eigenvalue weighted by molar-refractivity contribution is 6.21. The number of carbonyl (C=O) groups excluding carboxylic acids is 1. The van der Waals surface area contributed by atoms with Crippen LogP contribution in [-0.2, 0) is 14.3 Å². The van der Waals surface area contributed by atoms with Gasteiger partial charge in [-0.2, -0.15) is 0 Å². The van der Waals surface area contributed by atoms with Gasteiger partial charge in [0.2, 0.25) is 0 Å². The highest BCUT2D eigenvalue weighted by Gasteiger charge is 2.44. The van der Waals surface area contributed by atoms with Crippen LogP contribution >= 0.6 is 0 Å². The van der Waals surface area contributed by atoms with Crippen LogP contribution in [0.15, 0.2) is 119 Å². The van der Waals surface area contributed by atoms with Crippen molar-refractivity contribution in [3.63, 3.8) is 0 Å². The molecule has 0 aromatic rings. The number of carbonyl (C=O) groups is 1. The lowest BCUT2D eigenvalue weighted by Gasteiger charge is -2.39. The molecule has 0 radical (unpaired) electrons. The quantitative estimate of drug-likeness (QED) is 0.203. The van der Waals surface area contributed by atoms with Crippen LogP contribution in [0.1, 0.15) is 60.3 Å². The van der Waals surface area contributed by atoms with Crippen molar-refractivity contribution < 1.29 is 39.8 Å². The predicted molar refractivity (Wildman–Crippen MR) is 196 cm³/mol. The van der Waals surface area contributed by atoms with Crippen molar-refractivity contribution in [3.8, 4) is 0 Å². The van der Waals surface area contributed by atoms with Crippen LogP contribution in [0.25, 0.3) is 0 Å². The topological polar surface area (TPSA) is 186 Å². The molecule has 6 heterocycles. The first-order valence-corrected chi connectivity index (χ1v) is 17.9. The van der Waals surface area contributed by atoms with Gasteiger partial charge >= 0.3 is 5.97 Å². The van der Waals surface area contributed by atoms with Gasteiger partial charge in [0.1, 0.15) is 42.9 Å². The Bertz CT molecular complexity index is 2000. The summed E-state index contributed by atoms with van der Waals surface area (Å²) < 4.78 is 11.0. The molecule has 0 spiro atoms. The Kier molecular flexibility index (Phi) is 9.55. The van der Waals surface area contributed by atoms with Crippen LogP contribution in [0.5, 0.6) is 0 Å². The highest BCUT2D eigenvalue weighted by Crippen LogP contribution is 2.46. The Labute approximate surface area is 302 Å². The zero-order chi connectivity index (χ0) is 37.2. The lowest BCUT2D eigenvalue weighted by Crippen LogP contribution is -2.59. The lowest BCUT2D eigenvalue weighted by molar-refractivity contribution is -0.238. The number of hydrogen-bond donors (Lipinski definition) is 6. The Morgan fingerprint density at radius 3 is 2.42 bits per heavy atom. The number of aliphatic imine (C=N–C) groups is 3. The number of allylic oxidation sites excluding steroid dienone is 12. The van der Waals surface area contributed by atoms with E-state index in [1.165, 1.54) is 0 Å². The maximum Gasteiger partial charge on any atom is 0.305 e. The Balaban J connectivity index is 1.24. The first-order valence-electron chi connectivity index (χ1n) is 17.9. The number of nitrogens with one attached hydrogen (secondary N) is 1. The Morgan fingerprint density at radius 1 is 1.00 bits per heavy atom. The van der Waals surface area contributed by atoms with E-state index in [-0.39, 0.29) is 30.6 Å². The smallest absolute Gasteiger partial charge is 0.305 e. The molecule has 2 fully saturated rings. The van der Waals surface area contributed by atoms with Crippen LogP contribution < -0.4 is 5.32 Å². The van der Waals surface area contributed by atoms with Crippen molar-refractivity contribution >= 4 is 23.1 Å². The third-order valence-corrected chi connectivity index (χ3v) is 11.4. The number of rotatable bonds is 8. The molecule has 2 saturated heterocycles. The average Bonchev–Trinajstić information content (AvgIpc) is 3.88. The zero-order valence-corrected chi connectivity index (χ0v) is 30.1. The van der Waals surface area contributed by atoms with Gasteiger partial charge in [-0.1, -0.05) is 26.5 Å². The van der Waals surface area contributed by atoms with Crippen LogP contribution in [0.4, 0.5) is 0 Å². The number of esters is 1. The maximum atomic E-state index is 13.1. The molecular weight excluding hydrogens is 664 g/mol. The largest absolute Gasteiger partial charge is 0.511 e. The standard InChI is InChI=1S/C40H46N4O8/c1-7-21-17(3)25-12-27-19(5)23(9-10-34(47)51-16-33-39(49)40(50)38(48)32(15-45)52-33)36(43-27)24-11-31(46)35-20(6)28(44-37(24)35)14-30-22(8-2)18(4)26(42-30)13-29(21)41-25/h7,12-14,19,23,32-33,38-40,43,45-46,48-50H,1,8-11,15-16H2,2-6H3/t19-,23-,32+,33-,38-,39-,40-/m0/s1. The van der Waals surface area contributed by atoms with Gasteiger partial charge in [0.05, 0.1) is 40.8 Å². The second kappa shape index (κ2) is 13.8. The van der Waals surface area contributed by atoms with Crippen LogP contribution in [0.2, 0.25) is 0 Å². The molecule has 6 N–H and O–H groups in total. The summed E-state index contributed by atoms with van der Waals surface area (Å²) in [5.74, 6) is -0.530. The minimum absolute atomic E-state index is 0.0323. The molecule has 7 atom stereocenters. The lowest BCUT2D eigenvalue weighted by atomic mass is 9.86. The van der Waals surface area contributed by atoms with Gasteiger partial charge in [-0.3, -0.25) is 4.79 Å². The van der Waals surface area contributed by atoms with Crippen molar-refractivity contribution in [2.45, 2.75) is 90.8 Å². The van der Waals surface area contributed by atoms with E-state index in [0.717, 1.165) is 85.3 Å². The molecule has 7 rings (SSSR count). The molecule has 274 valence electrons. The molecule has 8 bridgehead atoms. The van der Waals surface area contributed by atoms with Crippen molar-refractivity contribution in [1.82, 2.24) is 5.32 Å². The molecule has 0 aromatic carbocycles. The molecule has 0 unspecified atom stereocenters. The van der Waals surface area contributed by atoms with E-state index < -0.39 is 43.1 Å². The molecule has 12 heteroatoms. The first kappa shape index (κ1) is 35.9. The summed E-state index contributed by atoms with van der Waals surface area (Å²) in [4.78, 5) is 28.3. The molecule has 0 amide bonds. The number of hydrogen-bond acceptors (Lipinski definition) is 12. The zero-order valence-electron chi connectivity index (χ0n) is 30.1. The van der Waals surface area contributed by atoms with Gasteiger partial charge < -0.3 is 40.3 Å². The van der Waals surface area contributed by atoms with E-state index in [9.17, 15) is 30.3 Å². The average molecular weight is 711 g/mol. The van der Waals surface area contributed by atoms with Crippen molar-refractivity contribution in [1.29, 1.82) is 0 Å². The summed E-state index contributed by atoms with van der Waals surface area (Å²) >= 11 is 0. The number of aliphatic hydroxyl groups is 5. The van der Waals surface area contributed by atoms with Crippen LogP contribution in [0, 0.1) is 11.8 Å². The van der Waals surface area contributed by atoms with E-state index in [1.807, 2.05) is 38.2 Å². The third-order valence-electron chi connectivity index (χ3n) is 11.4. The van der Waals surface area contributed by atoms with Gasteiger partial charge in [0.15, 0.2) is 0 Å². The summed E-state index contributed by atoms with van der Waals surface area (Å²) in [6.07, 6.45) is 2.66. The number of nitrogens with zero attached hydrogens (tertiary/aromatic N) is 3. The minimum atomic E-state index is -1.55. The van der Waals surface area contributed by atoms with Gasteiger partial charge in [0, 0.05) is 52.8 Å². The number of ether oxygens (including phenoxy) is 2. The fourth-order valence-corrected chi connectivity index (χ4v) is 8.22. The van der Waals surface area contributed by atoms with E-state index in [1.54, 1.807) is 0 Å². The van der Waals surface area contributed by atoms with Crippen LogP contribution in [0.3, 0.4) is 0 Å². The molecular formula is C40H46N4O8. The summed E-state index contributed by atoms with van der Waals surface area (Å²) in [5, 5.41) is 55.1. The highest BCUT2D eigenvalue weighted by atomic mass is 16.6. The third kappa shape index (κ3) is 5.92. The molecule has 12 nitrogen and oxygen atoms in total. The van der Waals surface area contributed by atoms with E-state index >= 15 is 0 Å². The van der Waals surface area contributed by atoms with Gasteiger partial charge in [0.25, 0.3) is 0 Å². The molecule has 52 heavy (non-hydrogen) atoms. The van der Waals surface area contributed by atoms with Crippen molar-refractivity contribution in [3.05, 3.63) is 104 Å². The minimum Gasteiger partial charge on any atom is -0.511 e. The molecule has 0 saturated carbocycles. The van der Waals surface area contributed by atoms with Gasteiger partial charge in [-0.25, -0.2) is 15.0 Å². The number of aliphatic hydroxyl groups excluding tert-OH is 5. The van der Waals surface area contributed by atoms with E-state index in [0.29, 0.717) is 18.6 Å². The van der Waals surface area contributed by atoms with Crippen LogP contribution in [-0.4, -0.2) is 92.4 Å². The SMILES string of the molecule is C=CC1=C(C)C2=NC1=CC1=NC(=CC3=C(C)C4=C(O)CC(=C5NC(=C2)[C@@H](C)[C@@H]5CCC(=O)OC[C@@H]2O[C@H](CO)[C@H](O)[C@H](O)[C@H]2O)C4=N3)C(CC)=C1C. The number of fused-ring (bicyclic) bond motifs is 5. The monoisotopic (exact) mass is 710 g/mol. The second-order valence-electron chi connectivity index (χ2n) is 14.3. The van der Waals surface area contributed by atoms with Crippen molar-refractivity contribution in [2.75, 3.05) is 13.2 Å². The summed E-state index contributed by atoms with van der Waals surface area (Å²) in [5.41, 5.74) is 13.1. The molecule has 7 aliphatic rings. The second-order valence-corrected chi connectivity index (χ2v) is 14.3. The first-order chi connectivity index (χ1) is 24.9. The van der Waals surface area contributed by atoms with Crippen molar-refractivity contribution in [2.24, 2.45) is 26.8 Å². The molecule has 1 aliphatic carbocycles. The van der Waals surface area contributed by atoms with Gasteiger partial charge in [-0.05, 0) is 74.1 Å². The summed E-state index contributed by atoms with van der Waals surface area (Å²) in [6, 6.07) is 0. The normalized spacial score (nSPS) is 31.1. The fraction of sp³-hybridized carbons (Fsp3) is 0.450.